The molecule has 4 aliphatic rings. The summed E-state index contributed by atoms with van der Waals surface area (Å²) < 4.78 is 11.4. The summed E-state index contributed by atoms with van der Waals surface area (Å²) in [6.07, 6.45) is -3.72. The molecule has 0 aromatic carbocycles. The van der Waals surface area contributed by atoms with E-state index in [1.165, 1.54) is 0 Å². The third-order valence-electron chi connectivity index (χ3n) is 10.4. The van der Waals surface area contributed by atoms with Crippen molar-refractivity contribution in [1.82, 2.24) is 0 Å². The minimum Gasteiger partial charge on any atom is -0.456 e. The summed E-state index contributed by atoms with van der Waals surface area (Å²) in [6.45, 7) is 14.4. The average molecular weight is 722 g/mol. The van der Waals surface area contributed by atoms with Crippen molar-refractivity contribution in [2.45, 2.75) is 104 Å². The largest absolute Gasteiger partial charge is 0.456 e. The van der Waals surface area contributed by atoms with Crippen molar-refractivity contribution in [2.24, 2.45) is 34.5 Å². The number of aliphatic hydroxyl groups is 4. The van der Waals surface area contributed by atoms with Crippen LogP contribution < -0.4 is 0 Å². The molecule has 3 fully saturated rings. The molecule has 0 aromatic heterocycles. The Morgan fingerprint density at radius 2 is 1.75 bits per heavy atom. The second kappa shape index (κ2) is 9.64. The van der Waals surface area contributed by atoms with Crippen molar-refractivity contribution in [3.05, 3.63) is 11.1 Å². The van der Waals surface area contributed by atoms with Gasteiger partial charge >= 0.3 is 5.97 Å². The summed E-state index contributed by atoms with van der Waals surface area (Å²) in [7, 11) is 0. The number of carbonyl (C=O) groups excluding carboxylic acids is 2. The third kappa shape index (κ3) is 3.89. The number of hydrogen-bond donors (Lipinski definition) is 4. The van der Waals surface area contributed by atoms with E-state index in [2.05, 4.69) is 0 Å². The summed E-state index contributed by atoms with van der Waals surface area (Å²) in [4.78, 5) is 26.8. The van der Waals surface area contributed by atoms with Crippen molar-refractivity contribution < 1.29 is 83.6 Å². The molecular weight excluding hydrogens is 679 g/mol. The Bertz CT molecular complexity index is 961. The molecule has 1 heterocycles. The van der Waals surface area contributed by atoms with Gasteiger partial charge in [-0.15, -0.1) is 0 Å². The Morgan fingerprint density at radius 3 is 2.25 bits per heavy atom. The standard InChI is InChI=1S/C27H42O8.Ac/c1-12(2)19(28)23(31)35-16-10-27(33)15(5)21-25(8,13(3)9-17-26(21,32)11-34-17)22(30)20(29)18(14(16)4)24(27,6)7;/h12-13,15-17,19-21,28-29,32-33H,9-11H2,1-8H3;/t13-,15-,16?,17?,19?,20?,21?,25+,26?,27?;/m0./s1. The number of aliphatic hydroxyl groups excluding tert-OH is 2. The number of rotatable bonds is 3. The molecule has 0 aromatic rings. The molecule has 9 heteroatoms. The molecular formula is C27H42AcO8. The van der Waals surface area contributed by atoms with Gasteiger partial charge in [-0.05, 0) is 42.2 Å². The molecule has 2 saturated carbocycles. The van der Waals surface area contributed by atoms with E-state index in [1.54, 1.807) is 41.5 Å². The van der Waals surface area contributed by atoms with Gasteiger partial charge in [-0.2, -0.15) is 0 Å². The first-order chi connectivity index (χ1) is 16.0. The Morgan fingerprint density at radius 1 is 1.17 bits per heavy atom. The Kier molecular flexibility index (Phi) is 8.21. The number of ketones is 1. The van der Waals surface area contributed by atoms with Gasteiger partial charge in [0.05, 0.1) is 18.3 Å². The van der Waals surface area contributed by atoms with Crippen LogP contribution in [0.5, 0.6) is 0 Å². The molecule has 2 bridgehead atoms. The third-order valence-corrected chi connectivity index (χ3v) is 10.4. The normalized spacial score (nSPS) is 46.4. The van der Waals surface area contributed by atoms with E-state index in [-0.39, 0.29) is 74.7 Å². The van der Waals surface area contributed by atoms with E-state index < -0.39 is 64.3 Å². The SMILES string of the molecule is CC1=C2C(O)C(=O)[C@@]3(C)C([C@H](C)C(O)(CC1OC(=O)C(O)C(C)C)C2(C)C)C1(O)COC1C[C@@H]3C.[Ac]. The second-order valence-corrected chi connectivity index (χ2v) is 12.7. The smallest absolute Gasteiger partial charge is 0.335 e. The van der Waals surface area contributed by atoms with Crippen LogP contribution in [-0.2, 0) is 19.1 Å². The van der Waals surface area contributed by atoms with E-state index in [1.807, 2.05) is 13.8 Å². The van der Waals surface area contributed by atoms with E-state index in [9.17, 15) is 30.0 Å². The van der Waals surface area contributed by atoms with Crippen molar-refractivity contribution in [3.8, 4) is 0 Å². The fraction of sp³-hybridized carbons (Fsp3) is 0.852. The number of hydrogen-bond acceptors (Lipinski definition) is 8. The number of fused-ring (bicyclic) bond motifs is 5. The Balaban J connectivity index is 0.00000361. The second-order valence-electron chi connectivity index (χ2n) is 12.7. The summed E-state index contributed by atoms with van der Waals surface area (Å²) in [6, 6.07) is 0. The van der Waals surface area contributed by atoms with Gasteiger partial charge in [0, 0.05) is 67.2 Å². The fourth-order valence-electron chi connectivity index (χ4n) is 7.89. The zero-order chi connectivity index (χ0) is 26.5. The van der Waals surface area contributed by atoms with Crippen LogP contribution in [0.4, 0.5) is 0 Å². The van der Waals surface area contributed by atoms with Crippen molar-refractivity contribution in [2.75, 3.05) is 6.61 Å². The Labute approximate surface area is 249 Å². The van der Waals surface area contributed by atoms with Gasteiger partial charge in [0.25, 0.3) is 0 Å². The first-order valence-electron chi connectivity index (χ1n) is 12.8. The number of Topliss-reactive ketones (excluding diaryl/α,β-unsaturated/α-hetero) is 1. The Hall–Kier alpha value is 0.122. The van der Waals surface area contributed by atoms with E-state index in [0.717, 1.165) is 0 Å². The minimum atomic E-state index is -1.53. The summed E-state index contributed by atoms with van der Waals surface area (Å²) in [5, 5.41) is 46.1. The van der Waals surface area contributed by atoms with Crippen LogP contribution in [0, 0.1) is 78.6 Å². The topological polar surface area (TPSA) is 134 Å². The molecule has 10 atom stereocenters. The molecule has 4 N–H and O–H groups in total. The summed E-state index contributed by atoms with van der Waals surface area (Å²) >= 11 is 0. The molecule has 3 aliphatic carbocycles. The fourth-order valence-corrected chi connectivity index (χ4v) is 7.89. The molecule has 1 aliphatic heterocycles. The quantitative estimate of drug-likeness (QED) is 0.256. The maximum absolute atomic E-state index is 14.1. The van der Waals surface area contributed by atoms with Gasteiger partial charge in [0.2, 0.25) is 0 Å². The molecule has 1 radical (unpaired) electrons. The maximum atomic E-state index is 14.1. The molecule has 4 rings (SSSR count). The minimum absolute atomic E-state index is 0. The molecule has 0 amide bonds. The first-order valence-corrected chi connectivity index (χ1v) is 12.8. The molecule has 7 unspecified atom stereocenters. The van der Waals surface area contributed by atoms with Crippen LogP contribution in [0.3, 0.4) is 0 Å². The molecule has 8 nitrogen and oxygen atoms in total. The predicted octanol–water partition coefficient (Wildman–Crippen LogP) is 1.76. The summed E-state index contributed by atoms with van der Waals surface area (Å²) in [5.41, 5.74) is -4.12. The van der Waals surface area contributed by atoms with Gasteiger partial charge in [-0.25, -0.2) is 4.79 Å². The van der Waals surface area contributed by atoms with E-state index >= 15 is 0 Å². The van der Waals surface area contributed by atoms with Crippen molar-refractivity contribution in [1.29, 1.82) is 0 Å². The summed E-state index contributed by atoms with van der Waals surface area (Å²) in [5.74, 6) is -3.02. The van der Waals surface area contributed by atoms with Crippen LogP contribution in [0.15, 0.2) is 11.1 Å². The average Bonchev–Trinajstić information content (AvgIpc) is 2.76. The van der Waals surface area contributed by atoms with Crippen molar-refractivity contribution in [3.63, 3.8) is 0 Å². The van der Waals surface area contributed by atoms with Gasteiger partial charge in [-0.1, -0.05) is 48.5 Å². The van der Waals surface area contributed by atoms with Gasteiger partial charge in [0.15, 0.2) is 11.9 Å². The van der Waals surface area contributed by atoms with Crippen LogP contribution in [0.25, 0.3) is 0 Å². The zero-order valence-corrected chi connectivity index (χ0v) is 27.5. The van der Waals surface area contributed by atoms with Crippen LogP contribution >= 0.6 is 0 Å². The molecule has 201 valence electrons. The van der Waals surface area contributed by atoms with E-state index in [4.69, 9.17) is 9.47 Å². The molecule has 36 heavy (non-hydrogen) atoms. The van der Waals surface area contributed by atoms with Crippen LogP contribution in [0.2, 0.25) is 0 Å². The zero-order valence-electron chi connectivity index (χ0n) is 22.7. The number of carbonyl (C=O) groups is 2. The van der Waals surface area contributed by atoms with E-state index in [0.29, 0.717) is 17.6 Å². The predicted molar refractivity (Wildman–Crippen MR) is 127 cm³/mol. The monoisotopic (exact) mass is 721 g/mol. The van der Waals surface area contributed by atoms with Crippen molar-refractivity contribution >= 4 is 11.8 Å². The molecule has 1 saturated heterocycles. The van der Waals surface area contributed by atoms with Gasteiger partial charge < -0.3 is 29.9 Å². The van der Waals surface area contributed by atoms with Crippen LogP contribution in [-0.4, -0.2) is 74.4 Å². The van der Waals surface area contributed by atoms with Crippen LogP contribution in [0.1, 0.15) is 68.2 Å². The maximum Gasteiger partial charge on any atom is 0.335 e. The number of esters is 1. The number of ether oxygens (including phenoxy) is 2. The van der Waals surface area contributed by atoms with Gasteiger partial charge in [0.1, 0.15) is 17.8 Å². The van der Waals surface area contributed by atoms with Gasteiger partial charge in [-0.3, -0.25) is 4.79 Å². The molecule has 0 spiro atoms. The first kappa shape index (κ1) is 30.7.